The van der Waals surface area contributed by atoms with Crippen LogP contribution in [0.5, 0.6) is 0 Å². The molecule has 4 nitrogen and oxygen atoms in total. The van der Waals surface area contributed by atoms with Crippen LogP contribution in [0.4, 0.5) is 5.69 Å². The lowest BCUT2D eigenvalue weighted by Gasteiger charge is -2.25. The smallest absolute Gasteiger partial charge is 0.153 e. The van der Waals surface area contributed by atoms with Crippen molar-refractivity contribution in [3.63, 3.8) is 0 Å². The van der Waals surface area contributed by atoms with Crippen molar-refractivity contribution in [1.29, 1.82) is 0 Å². The Bertz CT molecular complexity index is 334. The van der Waals surface area contributed by atoms with E-state index in [1.807, 2.05) is 6.07 Å². The lowest BCUT2D eigenvalue weighted by atomic mass is 10.1. The predicted octanol–water partition coefficient (Wildman–Crippen LogP) is 1.06. The molecule has 0 aliphatic carbocycles. The van der Waals surface area contributed by atoms with Gasteiger partial charge in [-0.2, -0.15) is 0 Å². The molecule has 80 valence electrons. The Kier molecular flexibility index (Phi) is 3.29. The summed E-state index contributed by atoms with van der Waals surface area (Å²) in [5.74, 6) is 0. The number of nitrogens with zero attached hydrogens (tertiary/aromatic N) is 1. The van der Waals surface area contributed by atoms with Gasteiger partial charge in [-0.05, 0) is 32.0 Å². The molecule has 2 N–H and O–H groups in total. The fourth-order valence-corrected chi connectivity index (χ4v) is 1.82. The molecule has 0 radical (unpaired) electrons. The zero-order chi connectivity index (χ0) is 10.5. The Labute approximate surface area is 89.1 Å². The average Bonchev–Trinajstić information content (AvgIpc) is 2.31. The van der Waals surface area contributed by atoms with Gasteiger partial charge in [0.15, 0.2) is 6.29 Å². The molecule has 0 bridgehead atoms. The highest BCUT2D eigenvalue weighted by Crippen LogP contribution is 2.15. The number of nitrogens with one attached hydrogen (secondary N) is 2. The highest BCUT2D eigenvalue weighted by atomic mass is 16.1. The van der Waals surface area contributed by atoms with Gasteiger partial charge in [0.25, 0.3) is 0 Å². The van der Waals surface area contributed by atoms with Crippen LogP contribution in [0.1, 0.15) is 23.2 Å². The van der Waals surface area contributed by atoms with Gasteiger partial charge in [-0.1, -0.05) is 0 Å². The van der Waals surface area contributed by atoms with E-state index in [1.54, 1.807) is 12.4 Å². The number of rotatable bonds is 3. The van der Waals surface area contributed by atoms with Crippen LogP contribution < -0.4 is 10.6 Å². The van der Waals surface area contributed by atoms with E-state index >= 15 is 0 Å². The molecule has 15 heavy (non-hydrogen) atoms. The van der Waals surface area contributed by atoms with Gasteiger partial charge >= 0.3 is 0 Å². The van der Waals surface area contributed by atoms with Gasteiger partial charge in [-0.3, -0.25) is 9.78 Å². The lowest BCUT2D eigenvalue weighted by molar-refractivity contribution is 0.112. The molecule has 2 heterocycles. The molecule has 0 aromatic carbocycles. The standard InChI is InChI=1S/C11H15N3O/c15-8-9-7-13-6-3-11(9)14-10-1-4-12-5-2-10/h3,6-8,10,12H,1-2,4-5H2,(H,13,14). The number of anilines is 1. The third-order valence-electron chi connectivity index (χ3n) is 2.68. The van der Waals surface area contributed by atoms with Crippen LogP contribution in [0.25, 0.3) is 0 Å². The first-order valence-electron chi connectivity index (χ1n) is 5.26. The number of hydrogen-bond donors (Lipinski definition) is 2. The monoisotopic (exact) mass is 205 g/mol. The maximum absolute atomic E-state index is 10.8. The van der Waals surface area contributed by atoms with Gasteiger partial charge < -0.3 is 10.6 Å². The van der Waals surface area contributed by atoms with Crippen molar-refractivity contribution < 1.29 is 4.79 Å². The van der Waals surface area contributed by atoms with Crippen molar-refractivity contribution >= 4 is 12.0 Å². The van der Waals surface area contributed by atoms with Gasteiger partial charge in [0.1, 0.15) is 0 Å². The Morgan fingerprint density at radius 2 is 2.27 bits per heavy atom. The number of aromatic nitrogens is 1. The summed E-state index contributed by atoms with van der Waals surface area (Å²) in [5, 5.41) is 6.70. The van der Waals surface area contributed by atoms with Crippen molar-refractivity contribution in [3.8, 4) is 0 Å². The zero-order valence-electron chi connectivity index (χ0n) is 8.57. The van der Waals surface area contributed by atoms with E-state index in [9.17, 15) is 4.79 Å². The van der Waals surface area contributed by atoms with Crippen LogP contribution >= 0.6 is 0 Å². The Morgan fingerprint density at radius 1 is 1.47 bits per heavy atom. The second-order valence-corrected chi connectivity index (χ2v) is 3.75. The van der Waals surface area contributed by atoms with Gasteiger partial charge in [0, 0.05) is 24.1 Å². The SMILES string of the molecule is O=Cc1cnccc1NC1CCNCC1. The summed E-state index contributed by atoms with van der Waals surface area (Å²) in [6.07, 6.45) is 6.34. The quantitative estimate of drug-likeness (QED) is 0.724. The van der Waals surface area contributed by atoms with Crippen molar-refractivity contribution in [1.82, 2.24) is 10.3 Å². The van der Waals surface area contributed by atoms with Gasteiger partial charge in [0.2, 0.25) is 0 Å². The minimum Gasteiger partial charge on any atom is -0.382 e. The fourth-order valence-electron chi connectivity index (χ4n) is 1.82. The van der Waals surface area contributed by atoms with Crippen LogP contribution in [0.3, 0.4) is 0 Å². The van der Waals surface area contributed by atoms with Crippen LogP contribution in [-0.4, -0.2) is 30.4 Å². The number of pyridine rings is 1. The van der Waals surface area contributed by atoms with E-state index < -0.39 is 0 Å². The normalized spacial score (nSPS) is 17.3. The summed E-state index contributed by atoms with van der Waals surface area (Å²) in [6, 6.07) is 2.32. The third kappa shape index (κ3) is 2.53. The van der Waals surface area contributed by atoms with Gasteiger partial charge in [0.05, 0.1) is 5.56 Å². The van der Waals surface area contributed by atoms with Crippen LogP contribution in [0, 0.1) is 0 Å². The highest BCUT2D eigenvalue weighted by Gasteiger charge is 2.13. The summed E-state index contributed by atoms with van der Waals surface area (Å²) < 4.78 is 0. The second kappa shape index (κ2) is 4.89. The van der Waals surface area contributed by atoms with E-state index in [2.05, 4.69) is 15.6 Å². The number of piperidine rings is 1. The summed E-state index contributed by atoms with van der Waals surface area (Å²) in [4.78, 5) is 14.7. The zero-order valence-corrected chi connectivity index (χ0v) is 8.57. The minimum absolute atomic E-state index is 0.465. The molecule has 1 fully saturated rings. The second-order valence-electron chi connectivity index (χ2n) is 3.75. The first-order chi connectivity index (χ1) is 7.40. The van der Waals surface area contributed by atoms with Crippen molar-refractivity contribution in [2.45, 2.75) is 18.9 Å². The molecule has 0 unspecified atom stereocenters. The van der Waals surface area contributed by atoms with Gasteiger partial charge in [-0.15, -0.1) is 0 Å². The highest BCUT2D eigenvalue weighted by molar-refractivity contribution is 5.83. The molecule has 1 aromatic rings. The van der Waals surface area contributed by atoms with E-state index in [-0.39, 0.29) is 0 Å². The average molecular weight is 205 g/mol. The molecule has 0 spiro atoms. The maximum Gasteiger partial charge on any atom is 0.153 e. The lowest BCUT2D eigenvalue weighted by Crippen LogP contribution is -2.35. The minimum atomic E-state index is 0.465. The van der Waals surface area contributed by atoms with E-state index in [0.717, 1.165) is 37.9 Å². The number of aldehydes is 1. The van der Waals surface area contributed by atoms with E-state index in [1.165, 1.54) is 0 Å². The molecule has 1 saturated heterocycles. The van der Waals surface area contributed by atoms with Gasteiger partial charge in [-0.25, -0.2) is 0 Å². The van der Waals surface area contributed by atoms with Crippen molar-refractivity contribution in [2.75, 3.05) is 18.4 Å². The molecule has 0 atom stereocenters. The predicted molar refractivity (Wildman–Crippen MR) is 59.1 cm³/mol. The summed E-state index contributed by atoms with van der Waals surface area (Å²) in [7, 11) is 0. The van der Waals surface area contributed by atoms with Crippen LogP contribution in [0.15, 0.2) is 18.5 Å². The number of carbonyl (C=O) groups excluding carboxylic acids is 1. The summed E-state index contributed by atoms with van der Waals surface area (Å²) in [6.45, 7) is 2.08. The molecule has 1 aliphatic heterocycles. The molecule has 1 aromatic heterocycles. The first kappa shape index (κ1) is 10.1. The maximum atomic E-state index is 10.8. The molecular weight excluding hydrogens is 190 g/mol. The molecule has 4 heteroatoms. The first-order valence-corrected chi connectivity index (χ1v) is 5.26. The fraction of sp³-hybridized carbons (Fsp3) is 0.455. The van der Waals surface area contributed by atoms with E-state index in [4.69, 9.17) is 0 Å². The summed E-state index contributed by atoms with van der Waals surface area (Å²) in [5.41, 5.74) is 1.53. The molecular formula is C11H15N3O. The molecule has 1 aliphatic rings. The molecule has 2 rings (SSSR count). The van der Waals surface area contributed by atoms with Crippen LogP contribution in [0.2, 0.25) is 0 Å². The largest absolute Gasteiger partial charge is 0.382 e. The Morgan fingerprint density at radius 3 is 3.00 bits per heavy atom. The topological polar surface area (TPSA) is 54.0 Å². The van der Waals surface area contributed by atoms with Crippen molar-refractivity contribution in [3.05, 3.63) is 24.0 Å². The molecule has 0 saturated carbocycles. The number of hydrogen-bond acceptors (Lipinski definition) is 4. The van der Waals surface area contributed by atoms with Crippen LogP contribution in [-0.2, 0) is 0 Å². The van der Waals surface area contributed by atoms with Crippen molar-refractivity contribution in [2.24, 2.45) is 0 Å². The Balaban J connectivity index is 2.05. The van der Waals surface area contributed by atoms with E-state index in [0.29, 0.717) is 11.6 Å². The Hall–Kier alpha value is -1.42. The summed E-state index contributed by atoms with van der Waals surface area (Å²) >= 11 is 0. The number of carbonyl (C=O) groups is 1. The third-order valence-corrected chi connectivity index (χ3v) is 2.68. The molecule has 0 amide bonds.